The van der Waals surface area contributed by atoms with Crippen molar-refractivity contribution in [3.63, 3.8) is 0 Å². The number of hydrogen-bond donors (Lipinski definition) is 0. The lowest BCUT2D eigenvalue weighted by Gasteiger charge is -2.34. The van der Waals surface area contributed by atoms with Crippen LogP contribution in [0.15, 0.2) is 12.2 Å². The summed E-state index contributed by atoms with van der Waals surface area (Å²) in [7, 11) is 0. The number of carbonyl (C=O) groups excluding carboxylic acids is 1. The van der Waals surface area contributed by atoms with E-state index in [1.54, 1.807) is 0 Å². The lowest BCUT2D eigenvalue weighted by molar-refractivity contribution is -0.113. The largest absolute Gasteiger partial charge is 0.303 e. The molecule has 74 valence electrons. The van der Waals surface area contributed by atoms with Gasteiger partial charge in [-0.3, -0.25) is 0 Å². The molecule has 4 aliphatic rings. The van der Waals surface area contributed by atoms with Crippen LogP contribution in [-0.2, 0) is 4.79 Å². The second kappa shape index (κ2) is 2.32. The molecule has 0 unspecified atom stereocenters. The SMILES string of the molecule is O=C[C@H]1C[C@@H]2C[C@H]1[C@@H]1[C@H]2[C@@H]2C=C[C@H]1C2. The van der Waals surface area contributed by atoms with Gasteiger partial charge in [-0.15, -0.1) is 0 Å². The van der Waals surface area contributed by atoms with Crippen LogP contribution in [0.2, 0.25) is 0 Å². The summed E-state index contributed by atoms with van der Waals surface area (Å²) >= 11 is 0. The maximum Gasteiger partial charge on any atom is 0.123 e. The highest BCUT2D eigenvalue weighted by Crippen LogP contribution is 2.66. The highest BCUT2D eigenvalue weighted by atomic mass is 16.1. The predicted molar refractivity (Wildman–Crippen MR) is 53.5 cm³/mol. The van der Waals surface area contributed by atoms with Crippen LogP contribution in [0.3, 0.4) is 0 Å². The third-order valence-corrected chi connectivity index (χ3v) is 5.50. The van der Waals surface area contributed by atoms with Gasteiger partial charge < -0.3 is 4.79 Å². The molecule has 4 aliphatic carbocycles. The fourth-order valence-electron chi connectivity index (χ4n) is 5.22. The molecule has 3 fully saturated rings. The number of carbonyl (C=O) groups is 1. The highest BCUT2D eigenvalue weighted by molar-refractivity contribution is 5.55. The molecule has 0 aromatic carbocycles. The number of hydrogen-bond acceptors (Lipinski definition) is 1. The lowest BCUT2D eigenvalue weighted by atomic mass is 9.70. The average Bonchev–Trinajstić information content (AvgIpc) is 2.94. The number of rotatable bonds is 1. The zero-order valence-electron chi connectivity index (χ0n) is 8.30. The normalized spacial score (nSPS) is 62.1. The Balaban J connectivity index is 1.75. The molecule has 0 aromatic rings. The molecule has 0 amide bonds. The first kappa shape index (κ1) is 7.67. The van der Waals surface area contributed by atoms with Crippen LogP contribution in [0, 0.1) is 41.4 Å². The van der Waals surface area contributed by atoms with Crippen molar-refractivity contribution in [3.8, 4) is 0 Å². The van der Waals surface area contributed by atoms with Crippen molar-refractivity contribution in [2.45, 2.75) is 19.3 Å². The zero-order valence-corrected chi connectivity index (χ0v) is 8.30. The van der Waals surface area contributed by atoms with E-state index >= 15 is 0 Å². The van der Waals surface area contributed by atoms with Crippen LogP contribution in [0.4, 0.5) is 0 Å². The predicted octanol–water partition coefficient (Wildman–Crippen LogP) is 2.28. The molecule has 3 saturated carbocycles. The molecule has 1 nitrogen and oxygen atoms in total. The zero-order chi connectivity index (χ0) is 9.28. The van der Waals surface area contributed by atoms with Crippen molar-refractivity contribution in [2.24, 2.45) is 41.4 Å². The van der Waals surface area contributed by atoms with Crippen molar-refractivity contribution in [3.05, 3.63) is 12.2 Å². The molecule has 4 bridgehead atoms. The number of aldehydes is 1. The van der Waals surface area contributed by atoms with E-state index < -0.39 is 0 Å². The Kier molecular flexibility index (Phi) is 1.27. The molecule has 4 rings (SSSR count). The van der Waals surface area contributed by atoms with Crippen LogP contribution in [0.25, 0.3) is 0 Å². The minimum Gasteiger partial charge on any atom is -0.303 e. The first-order chi connectivity index (χ1) is 6.88. The second-order valence-corrected chi connectivity index (χ2v) is 5.80. The Bertz CT molecular complexity index is 319. The van der Waals surface area contributed by atoms with Crippen molar-refractivity contribution >= 4 is 6.29 Å². The first-order valence-electron chi connectivity index (χ1n) is 6.02. The molecule has 14 heavy (non-hydrogen) atoms. The van der Waals surface area contributed by atoms with E-state index in [1.165, 1.54) is 25.5 Å². The van der Waals surface area contributed by atoms with Crippen LogP contribution in [0.5, 0.6) is 0 Å². The van der Waals surface area contributed by atoms with E-state index in [4.69, 9.17) is 0 Å². The van der Waals surface area contributed by atoms with Gasteiger partial charge >= 0.3 is 0 Å². The summed E-state index contributed by atoms with van der Waals surface area (Å²) in [6.45, 7) is 0. The third kappa shape index (κ3) is 0.687. The minimum absolute atomic E-state index is 0.425. The van der Waals surface area contributed by atoms with Gasteiger partial charge in [-0.05, 0) is 54.8 Å². The van der Waals surface area contributed by atoms with Crippen molar-refractivity contribution in [2.75, 3.05) is 0 Å². The Morgan fingerprint density at radius 1 is 1.00 bits per heavy atom. The van der Waals surface area contributed by atoms with E-state index in [2.05, 4.69) is 12.2 Å². The Morgan fingerprint density at radius 2 is 1.79 bits per heavy atom. The molecule has 1 heteroatoms. The molecule has 0 aliphatic heterocycles. The monoisotopic (exact) mass is 188 g/mol. The van der Waals surface area contributed by atoms with E-state index in [0.717, 1.165) is 35.5 Å². The minimum atomic E-state index is 0.425. The fraction of sp³-hybridized carbons (Fsp3) is 0.769. The summed E-state index contributed by atoms with van der Waals surface area (Å²) in [4.78, 5) is 11.0. The van der Waals surface area contributed by atoms with E-state index in [9.17, 15) is 4.79 Å². The summed E-state index contributed by atoms with van der Waals surface area (Å²) in [6, 6.07) is 0. The Labute approximate surface area is 84.6 Å². The van der Waals surface area contributed by atoms with Gasteiger partial charge in [0.1, 0.15) is 6.29 Å². The van der Waals surface area contributed by atoms with Crippen molar-refractivity contribution in [1.29, 1.82) is 0 Å². The molecule has 0 N–H and O–H groups in total. The van der Waals surface area contributed by atoms with Gasteiger partial charge in [0.25, 0.3) is 0 Å². The summed E-state index contributed by atoms with van der Waals surface area (Å²) < 4.78 is 0. The summed E-state index contributed by atoms with van der Waals surface area (Å²) in [5, 5.41) is 0. The van der Waals surface area contributed by atoms with Gasteiger partial charge in [-0.25, -0.2) is 0 Å². The van der Waals surface area contributed by atoms with E-state index in [0.29, 0.717) is 5.92 Å². The molecule has 0 heterocycles. The Morgan fingerprint density at radius 3 is 2.57 bits per heavy atom. The van der Waals surface area contributed by atoms with Crippen molar-refractivity contribution < 1.29 is 4.79 Å². The molecule has 0 aromatic heterocycles. The van der Waals surface area contributed by atoms with Crippen LogP contribution in [-0.4, -0.2) is 6.29 Å². The average molecular weight is 188 g/mol. The summed E-state index contributed by atoms with van der Waals surface area (Å²) in [5.41, 5.74) is 0. The topological polar surface area (TPSA) is 17.1 Å². The van der Waals surface area contributed by atoms with Gasteiger partial charge in [0.2, 0.25) is 0 Å². The summed E-state index contributed by atoms with van der Waals surface area (Å²) in [5.74, 6) is 5.72. The van der Waals surface area contributed by atoms with Crippen LogP contribution in [0.1, 0.15) is 19.3 Å². The molecule has 0 spiro atoms. The molecular weight excluding hydrogens is 172 g/mol. The maximum atomic E-state index is 11.0. The third-order valence-electron chi connectivity index (χ3n) is 5.50. The lowest BCUT2D eigenvalue weighted by Crippen LogP contribution is -2.31. The smallest absolute Gasteiger partial charge is 0.123 e. The Hall–Kier alpha value is -0.590. The van der Waals surface area contributed by atoms with Crippen LogP contribution >= 0.6 is 0 Å². The number of allylic oxidation sites excluding steroid dienone is 2. The molecule has 0 radical (unpaired) electrons. The fourth-order valence-corrected chi connectivity index (χ4v) is 5.22. The van der Waals surface area contributed by atoms with Gasteiger partial charge in [0, 0.05) is 5.92 Å². The second-order valence-electron chi connectivity index (χ2n) is 5.80. The standard InChI is InChI=1S/C13H16O/c14-6-10-4-9-5-11(10)13-8-2-1-7(3-8)12(9)13/h1-2,6-13H,3-5H2/t7-,8+,9-,10-,11-,12+,13-/m1/s1. The van der Waals surface area contributed by atoms with E-state index in [1.807, 2.05) is 0 Å². The highest BCUT2D eigenvalue weighted by Gasteiger charge is 2.60. The molecule has 7 atom stereocenters. The van der Waals surface area contributed by atoms with Crippen molar-refractivity contribution in [1.82, 2.24) is 0 Å². The van der Waals surface area contributed by atoms with E-state index in [-0.39, 0.29) is 0 Å². The maximum absolute atomic E-state index is 11.0. The van der Waals surface area contributed by atoms with Gasteiger partial charge in [-0.2, -0.15) is 0 Å². The van der Waals surface area contributed by atoms with Gasteiger partial charge in [0.05, 0.1) is 0 Å². The quantitative estimate of drug-likeness (QED) is 0.350. The number of fused-ring (bicyclic) bond motifs is 9. The summed E-state index contributed by atoms with van der Waals surface area (Å²) in [6.07, 6.45) is 10.1. The molecular formula is C13H16O. The van der Waals surface area contributed by atoms with Gasteiger partial charge in [0.15, 0.2) is 0 Å². The van der Waals surface area contributed by atoms with Crippen LogP contribution < -0.4 is 0 Å². The first-order valence-corrected chi connectivity index (χ1v) is 6.02. The molecule has 0 saturated heterocycles. The van der Waals surface area contributed by atoms with Gasteiger partial charge in [-0.1, -0.05) is 12.2 Å².